The van der Waals surface area contributed by atoms with Crippen molar-refractivity contribution in [3.8, 4) is 0 Å². The molecular formula is C11H15ClN4O3S. The van der Waals surface area contributed by atoms with E-state index < -0.39 is 15.7 Å². The molecule has 1 aromatic rings. The van der Waals surface area contributed by atoms with Crippen LogP contribution in [-0.4, -0.2) is 37.4 Å². The van der Waals surface area contributed by atoms with E-state index in [1.807, 2.05) is 0 Å². The Labute approximate surface area is 121 Å². The van der Waals surface area contributed by atoms with Crippen molar-refractivity contribution >= 4 is 33.2 Å². The van der Waals surface area contributed by atoms with Gasteiger partial charge < -0.3 is 10.7 Å². The summed E-state index contributed by atoms with van der Waals surface area (Å²) >= 11 is 5.90. The summed E-state index contributed by atoms with van der Waals surface area (Å²) in [5.41, 5.74) is 2.39. The quantitative estimate of drug-likeness (QED) is 0.539. The lowest BCUT2D eigenvalue weighted by Crippen LogP contribution is -2.30. The van der Waals surface area contributed by atoms with Gasteiger partial charge in [-0.2, -0.15) is 0 Å². The van der Waals surface area contributed by atoms with Gasteiger partial charge in [0.2, 0.25) is 0 Å². The van der Waals surface area contributed by atoms with Gasteiger partial charge >= 0.3 is 0 Å². The van der Waals surface area contributed by atoms with Gasteiger partial charge in [-0.15, -0.1) is 0 Å². The maximum Gasteiger partial charge on any atom is 0.271 e. The molecule has 0 radical (unpaired) electrons. The van der Waals surface area contributed by atoms with Crippen LogP contribution in [0.3, 0.4) is 0 Å². The fourth-order valence-corrected chi connectivity index (χ4v) is 4.09. The Morgan fingerprint density at radius 2 is 2.25 bits per heavy atom. The van der Waals surface area contributed by atoms with E-state index in [1.165, 1.54) is 6.07 Å². The summed E-state index contributed by atoms with van der Waals surface area (Å²) in [4.78, 5) is 15.9. The standard InChI is InChI=1S/C11H15ClN4O3S/c12-8-1-2-9(16-13)15-10(8)11(17)14-5-7-3-4-20(18,19)6-7/h1-2,7H,3-6,13H2,(H,14,17)(H,15,16). The van der Waals surface area contributed by atoms with Crippen LogP contribution < -0.4 is 16.6 Å². The third-order valence-electron chi connectivity index (χ3n) is 3.09. The van der Waals surface area contributed by atoms with Gasteiger partial charge in [0.15, 0.2) is 9.84 Å². The van der Waals surface area contributed by atoms with Gasteiger partial charge in [0.1, 0.15) is 11.5 Å². The van der Waals surface area contributed by atoms with Crippen molar-refractivity contribution in [3.63, 3.8) is 0 Å². The van der Waals surface area contributed by atoms with Crippen LogP contribution >= 0.6 is 11.6 Å². The molecule has 110 valence electrons. The second kappa shape index (κ2) is 5.94. The SMILES string of the molecule is NNc1ccc(Cl)c(C(=O)NCC2CCS(=O)(=O)C2)n1. The number of nitrogens with two attached hydrogens (primary N) is 1. The number of sulfone groups is 1. The topological polar surface area (TPSA) is 114 Å². The number of anilines is 1. The number of carbonyl (C=O) groups excluding carboxylic acids is 1. The molecule has 20 heavy (non-hydrogen) atoms. The highest BCUT2D eigenvalue weighted by atomic mass is 35.5. The number of nitrogens with zero attached hydrogens (tertiary/aromatic N) is 1. The van der Waals surface area contributed by atoms with Gasteiger partial charge in [0, 0.05) is 6.54 Å². The Morgan fingerprint density at radius 3 is 2.85 bits per heavy atom. The monoisotopic (exact) mass is 318 g/mol. The molecule has 1 aliphatic rings. The summed E-state index contributed by atoms with van der Waals surface area (Å²) in [6, 6.07) is 3.06. The lowest BCUT2D eigenvalue weighted by Gasteiger charge is -2.10. The summed E-state index contributed by atoms with van der Waals surface area (Å²) < 4.78 is 22.6. The van der Waals surface area contributed by atoms with Crippen LogP contribution in [0.4, 0.5) is 5.82 Å². The van der Waals surface area contributed by atoms with Crippen LogP contribution in [0.2, 0.25) is 5.02 Å². The van der Waals surface area contributed by atoms with E-state index in [0.29, 0.717) is 12.2 Å². The lowest BCUT2D eigenvalue weighted by atomic mass is 10.1. The first-order chi connectivity index (χ1) is 9.41. The number of aromatic nitrogens is 1. The van der Waals surface area contributed by atoms with E-state index in [2.05, 4.69) is 15.7 Å². The van der Waals surface area contributed by atoms with Crippen molar-refractivity contribution in [1.82, 2.24) is 10.3 Å². The van der Waals surface area contributed by atoms with Crippen molar-refractivity contribution in [2.45, 2.75) is 6.42 Å². The number of amides is 1. The van der Waals surface area contributed by atoms with Crippen molar-refractivity contribution < 1.29 is 13.2 Å². The molecule has 0 aliphatic carbocycles. The van der Waals surface area contributed by atoms with Crippen LogP contribution in [-0.2, 0) is 9.84 Å². The number of nitrogen functional groups attached to an aromatic ring is 1. The van der Waals surface area contributed by atoms with Crippen LogP contribution in [0.25, 0.3) is 0 Å². The molecule has 2 rings (SSSR count). The zero-order valence-corrected chi connectivity index (χ0v) is 12.2. The Morgan fingerprint density at radius 1 is 1.50 bits per heavy atom. The van der Waals surface area contributed by atoms with Crippen LogP contribution in [0.1, 0.15) is 16.9 Å². The lowest BCUT2D eigenvalue weighted by molar-refractivity contribution is 0.0943. The van der Waals surface area contributed by atoms with Crippen molar-refractivity contribution in [2.24, 2.45) is 11.8 Å². The number of carbonyl (C=O) groups is 1. The van der Waals surface area contributed by atoms with Gasteiger partial charge in [0.25, 0.3) is 5.91 Å². The highest BCUT2D eigenvalue weighted by Crippen LogP contribution is 2.19. The Balaban J connectivity index is 1.99. The number of halogens is 1. The van der Waals surface area contributed by atoms with Gasteiger partial charge in [0.05, 0.1) is 16.5 Å². The molecule has 1 aliphatic heterocycles. The molecular weight excluding hydrogens is 304 g/mol. The number of rotatable bonds is 4. The zero-order chi connectivity index (χ0) is 14.8. The molecule has 0 bridgehead atoms. The second-order valence-corrected chi connectivity index (χ2v) is 7.29. The van der Waals surface area contributed by atoms with Crippen molar-refractivity contribution in [2.75, 3.05) is 23.5 Å². The maximum absolute atomic E-state index is 12.0. The average molecular weight is 319 g/mol. The van der Waals surface area contributed by atoms with Crippen LogP contribution in [0.5, 0.6) is 0 Å². The first-order valence-electron chi connectivity index (χ1n) is 6.03. The summed E-state index contributed by atoms with van der Waals surface area (Å²) in [6.07, 6.45) is 0.564. The summed E-state index contributed by atoms with van der Waals surface area (Å²) in [7, 11) is -2.95. The predicted octanol–water partition coefficient (Wildman–Crippen LogP) is 0.185. The molecule has 1 atom stereocenters. The molecule has 1 unspecified atom stereocenters. The Bertz CT molecular complexity index is 620. The molecule has 9 heteroatoms. The number of nitrogens with one attached hydrogen (secondary N) is 2. The molecule has 1 saturated heterocycles. The first kappa shape index (κ1) is 15.0. The predicted molar refractivity (Wildman–Crippen MR) is 76.2 cm³/mol. The Hall–Kier alpha value is -1.38. The first-order valence-corrected chi connectivity index (χ1v) is 8.23. The van der Waals surface area contributed by atoms with E-state index in [-0.39, 0.29) is 34.7 Å². The smallest absolute Gasteiger partial charge is 0.271 e. The normalized spacial score (nSPS) is 20.6. The minimum atomic E-state index is -2.95. The summed E-state index contributed by atoms with van der Waals surface area (Å²) in [5.74, 6) is 5.33. The van der Waals surface area contributed by atoms with E-state index >= 15 is 0 Å². The fourth-order valence-electron chi connectivity index (χ4n) is 2.04. The van der Waals surface area contributed by atoms with Crippen molar-refractivity contribution in [1.29, 1.82) is 0 Å². The number of hydrogen-bond donors (Lipinski definition) is 3. The molecule has 7 nitrogen and oxygen atoms in total. The fraction of sp³-hybridized carbons (Fsp3) is 0.455. The molecule has 2 heterocycles. The molecule has 0 spiro atoms. The molecule has 0 saturated carbocycles. The maximum atomic E-state index is 12.0. The molecule has 1 aromatic heterocycles. The average Bonchev–Trinajstić information content (AvgIpc) is 2.76. The van der Waals surface area contributed by atoms with E-state index in [0.717, 1.165) is 0 Å². The Kier molecular flexibility index (Phi) is 4.46. The third-order valence-corrected chi connectivity index (χ3v) is 5.23. The molecule has 0 aromatic carbocycles. The van der Waals surface area contributed by atoms with Crippen molar-refractivity contribution in [3.05, 3.63) is 22.8 Å². The zero-order valence-electron chi connectivity index (χ0n) is 10.6. The molecule has 4 N–H and O–H groups in total. The van der Waals surface area contributed by atoms with E-state index in [9.17, 15) is 13.2 Å². The summed E-state index contributed by atoms with van der Waals surface area (Å²) in [6.45, 7) is 0.288. The number of pyridine rings is 1. The largest absolute Gasteiger partial charge is 0.350 e. The van der Waals surface area contributed by atoms with E-state index in [4.69, 9.17) is 17.4 Å². The van der Waals surface area contributed by atoms with Gasteiger partial charge in [-0.3, -0.25) is 4.79 Å². The minimum absolute atomic E-state index is 0.0569. The van der Waals surface area contributed by atoms with Gasteiger partial charge in [-0.05, 0) is 24.5 Å². The highest BCUT2D eigenvalue weighted by molar-refractivity contribution is 7.91. The van der Waals surface area contributed by atoms with E-state index in [1.54, 1.807) is 6.07 Å². The minimum Gasteiger partial charge on any atom is -0.350 e. The van der Waals surface area contributed by atoms with Crippen LogP contribution in [0, 0.1) is 5.92 Å². The van der Waals surface area contributed by atoms with Gasteiger partial charge in [-0.25, -0.2) is 19.2 Å². The molecule has 1 fully saturated rings. The third kappa shape index (κ3) is 3.59. The highest BCUT2D eigenvalue weighted by Gasteiger charge is 2.28. The molecule has 1 amide bonds. The second-order valence-electron chi connectivity index (χ2n) is 4.65. The number of hydrogen-bond acceptors (Lipinski definition) is 6. The van der Waals surface area contributed by atoms with Gasteiger partial charge in [-0.1, -0.05) is 11.6 Å². The summed E-state index contributed by atoms with van der Waals surface area (Å²) in [5, 5.41) is 2.86. The van der Waals surface area contributed by atoms with Crippen LogP contribution in [0.15, 0.2) is 12.1 Å². The number of hydrazine groups is 1.